The zero-order valence-corrected chi connectivity index (χ0v) is 15.2. The van der Waals surface area contributed by atoms with Gasteiger partial charge >= 0.3 is 6.09 Å². The van der Waals surface area contributed by atoms with Gasteiger partial charge in [0.05, 0.1) is 25.8 Å². The van der Waals surface area contributed by atoms with E-state index in [9.17, 15) is 14.0 Å². The van der Waals surface area contributed by atoms with E-state index in [2.05, 4.69) is 4.90 Å². The number of carbonyl (C=O) groups is 2. The van der Waals surface area contributed by atoms with Gasteiger partial charge in [-0.1, -0.05) is 0 Å². The highest BCUT2D eigenvalue weighted by atomic mass is 19.1. The van der Waals surface area contributed by atoms with Crippen molar-refractivity contribution in [2.45, 2.75) is 18.6 Å². The molecule has 3 heterocycles. The van der Waals surface area contributed by atoms with E-state index in [-0.39, 0.29) is 30.0 Å². The number of nitrogens with zero attached hydrogens (tertiary/aromatic N) is 3. The molecule has 0 aliphatic carbocycles. The van der Waals surface area contributed by atoms with Crippen molar-refractivity contribution in [2.75, 3.05) is 52.5 Å². The molecular formula is C19H24FN3O4. The molecule has 2 amide bonds. The van der Waals surface area contributed by atoms with Crippen LogP contribution >= 0.6 is 0 Å². The van der Waals surface area contributed by atoms with Gasteiger partial charge in [-0.05, 0) is 30.7 Å². The molecule has 0 saturated carbocycles. The Morgan fingerprint density at radius 1 is 1.11 bits per heavy atom. The predicted octanol–water partition coefficient (Wildman–Crippen LogP) is 1.19. The van der Waals surface area contributed by atoms with Crippen LogP contribution in [-0.2, 0) is 9.47 Å². The number of hydrogen-bond acceptors (Lipinski definition) is 5. The van der Waals surface area contributed by atoms with Gasteiger partial charge in [0.2, 0.25) is 0 Å². The van der Waals surface area contributed by atoms with Crippen molar-refractivity contribution < 1.29 is 23.5 Å². The van der Waals surface area contributed by atoms with Gasteiger partial charge in [-0.3, -0.25) is 14.6 Å². The highest BCUT2D eigenvalue weighted by Crippen LogP contribution is 2.28. The molecule has 27 heavy (non-hydrogen) atoms. The van der Waals surface area contributed by atoms with Crippen LogP contribution in [0, 0.1) is 5.82 Å². The number of likely N-dealkylation sites (tertiary alicyclic amines) is 1. The number of halogens is 1. The fourth-order valence-electron chi connectivity index (χ4n) is 3.99. The lowest BCUT2D eigenvalue weighted by Gasteiger charge is -2.28. The molecule has 0 unspecified atom stereocenters. The molecule has 3 saturated heterocycles. The van der Waals surface area contributed by atoms with Crippen molar-refractivity contribution in [3.05, 3.63) is 35.6 Å². The first-order valence-electron chi connectivity index (χ1n) is 9.44. The van der Waals surface area contributed by atoms with Crippen LogP contribution in [-0.4, -0.2) is 91.3 Å². The normalized spacial score (nSPS) is 25.6. The van der Waals surface area contributed by atoms with E-state index < -0.39 is 0 Å². The van der Waals surface area contributed by atoms with E-state index >= 15 is 0 Å². The molecule has 2 atom stereocenters. The monoisotopic (exact) mass is 377 g/mol. The van der Waals surface area contributed by atoms with Crippen LogP contribution in [0.3, 0.4) is 0 Å². The molecule has 3 fully saturated rings. The van der Waals surface area contributed by atoms with E-state index in [4.69, 9.17) is 9.47 Å². The van der Waals surface area contributed by atoms with Gasteiger partial charge in [0, 0.05) is 38.3 Å². The van der Waals surface area contributed by atoms with Crippen LogP contribution in [0.5, 0.6) is 0 Å². The average molecular weight is 377 g/mol. The Labute approximate surface area is 157 Å². The molecule has 7 nitrogen and oxygen atoms in total. The van der Waals surface area contributed by atoms with Crippen molar-refractivity contribution in [1.29, 1.82) is 0 Å². The number of ether oxygens (including phenoxy) is 2. The van der Waals surface area contributed by atoms with Gasteiger partial charge in [0.25, 0.3) is 5.91 Å². The molecule has 4 rings (SSSR count). The molecule has 0 aromatic heterocycles. The molecule has 0 spiro atoms. The van der Waals surface area contributed by atoms with Crippen molar-refractivity contribution in [2.24, 2.45) is 0 Å². The quantitative estimate of drug-likeness (QED) is 0.772. The molecule has 3 aliphatic heterocycles. The summed E-state index contributed by atoms with van der Waals surface area (Å²) in [6.45, 7) is 5.75. The smallest absolute Gasteiger partial charge is 0.410 e. The highest BCUT2D eigenvalue weighted by molar-refractivity contribution is 5.94. The topological polar surface area (TPSA) is 62.3 Å². The Kier molecular flexibility index (Phi) is 5.27. The first-order valence-corrected chi connectivity index (χ1v) is 9.44. The number of amides is 2. The molecule has 0 N–H and O–H groups in total. The van der Waals surface area contributed by atoms with Crippen LogP contribution in [0.4, 0.5) is 9.18 Å². The van der Waals surface area contributed by atoms with E-state index in [0.29, 0.717) is 25.2 Å². The number of carbonyl (C=O) groups excluding carboxylic acids is 2. The summed E-state index contributed by atoms with van der Waals surface area (Å²) >= 11 is 0. The third-order valence-corrected chi connectivity index (χ3v) is 5.48. The van der Waals surface area contributed by atoms with Crippen LogP contribution in [0.15, 0.2) is 24.3 Å². The maximum absolute atomic E-state index is 13.1. The highest BCUT2D eigenvalue weighted by Gasteiger charge is 2.48. The van der Waals surface area contributed by atoms with Crippen LogP contribution < -0.4 is 0 Å². The lowest BCUT2D eigenvalue weighted by Crippen LogP contribution is -2.42. The fraction of sp³-hybridized carbons (Fsp3) is 0.579. The zero-order chi connectivity index (χ0) is 18.8. The molecule has 0 radical (unpaired) electrons. The summed E-state index contributed by atoms with van der Waals surface area (Å²) in [5, 5.41) is 0. The Morgan fingerprint density at radius 3 is 2.59 bits per heavy atom. The summed E-state index contributed by atoms with van der Waals surface area (Å²) in [6.07, 6.45) is 0.288. The zero-order valence-electron chi connectivity index (χ0n) is 15.2. The fourth-order valence-corrected chi connectivity index (χ4v) is 3.99. The summed E-state index contributed by atoms with van der Waals surface area (Å²) in [6, 6.07) is 5.42. The maximum atomic E-state index is 13.1. The molecule has 1 aromatic rings. The minimum absolute atomic E-state index is 0.105. The minimum atomic E-state index is -0.370. The average Bonchev–Trinajstić information content (AvgIpc) is 3.21. The van der Waals surface area contributed by atoms with Crippen LogP contribution in [0.2, 0.25) is 0 Å². The number of hydrogen-bond donors (Lipinski definition) is 0. The van der Waals surface area contributed by atoms with E-state index in [1.165, 1.54) is 24.3 Å². The van der Waals surface area contributed by atoms with Gasteiger partial charge in [-0.25, -0.2) is 9.18 Å². The summed E-state index contributed by atoms with van der Waals surface area (Å²) < 4.78 is 23.9. The van der Waals surface area contributed by atoms with Gasteiger partial charge in [-0.2, -0.15) is 0 Å². The number of benzene rings is 1. The second-order valence-corrected chi connectivity index (χ2v) is 7.21. The first kappa shape index (κ1) is 18.2. The molecule has 146 valence electrons. The molecule has 1 aromatic carbocycles. The summed E-state index contributed by atoms with van der Waals surface area (Å²) in [7, 11) is 0. The number of rotatable bonds is 5. The van der Waals surface area contributed by atoms with E-state index in [0.717, 1.165) is 39.3 Å². The number of fused-ring (bicyclic) bond motifs is 1. The summed E-state index contributed by atoms with van der Waals surface area (Å²) in [5.74, 6) is -0.529. The third kappa shape index (κ3) is 3.91. The van der Waals surface area contributed by atoms with E-state index in [1.807, 2.05) is 0 Å². The summed E-state index contributed by atoms with van der Waals surface area (Å²) in [5.41, 5.74) is 0.446. The van der Waals surface area contributed by atoms with Crippen LogP contribution in [0.1, 0.15) is 16.8 Å². The molecule has 8 heteroatoms. The Morgan fingerprint density at radius 2 is 1.85 bits per heavy atom. The summed E-state index contributed by atoms with van der Waals surface area (Å²) in [4.78, 5) is 30.6. The molecule has 0 bridgehead atoms. The Bertz CT molecular complexity index is 693. The lowest BCUT2D eigenvalue weighted by molar-refractivity contribution is 0.0362. The van der Waals surface area contributed by atoms with Crippen molar-refractivity contribution in [3.8, 4) is 0 Å². The van der Waals surface area contributed by atoms with Gasteiger partial charge in [0.1, 0.15) is 11.9 Å². The number of morpholine rings is 1. The van der Waals surface area contributed by atoms with Crippen molar-refractivity contribution in [1.82, 2.24) is 14.7 Å². The SMILES string of the molecule is O=C(c1ccc(F)cc1)N1C[C@H]2OC(=O)N(CCCN3CCOCC3)[C@H]2C1. The molecule has 3 aliphatic rings. The van der Waals surface area contributed by atoms with Crippen molar-refractivity contribution in [3.63, 3.8) is 0 Å². The third-order valence-electron chi connectivity index (χ3n) is 5.48. The second-order valence-electron chi connectivity index (χ2n) is 7.21. The maximum Gasteiger partial charge on any atom is 0.410 e. The van der Waals surface area contributed by atoms with Gasteiger partial charge in [-0.15, -0.1) is 0 Å². The molecular weight excluding hydrogens is 353 g/mol. The van der Waals surface area contributed by atoms with Crippen molar-refractivity contribution >= 4 is 12.0 Å². The van der Waals surface area contributed by atoms with Crippen LogP contribution in [0.25, 0.3) is 0 Å². The Hall–Kier alpha value is -2.19. The largest absolute Gasteiger partial charge is 0.442 e. The van der Waals surface area contributed by atoms with Gasteiger partial charge < -0.3 is 14.4 Å². The van der Waals surface area contributed by atoms with Gasteiger partial charge in [0.15, 0.2) is 0 Å². The predicted molar refractivity (Wildman–Crippen MR) is 94.9 cm³/mol. The van der Waals surface area contributed by atoms with E-state index in [1.54, 1.807) is 9.80 Å². The standard InChI is InChI=1S/C19H24FN3O4/c20-15-4-2-14(3-5-15)18(24)22-12-16-17(13-22)27-19(25)23(16)7-1-6-21-8-10-26-11-9-21/h2-5,16-17H,1,6-13H2/t16-,17+/m0/s1. The second kappa shape index (κ2) is 7.82. The first-order chi connectivity index (χ1) is 13.1. The minimum Gasteiger partial charge on any atom is -0.442 e. The lowest BCUT2D eigenvalue weighted by atomic mass is 10.2. The Balaban J connectivity index is 1.32.